The van der Waals surface area contributed by atoms with Gasteiger partial charge in [-0.3, -0.25) is 9.48 Å². The van der Waals surface area contributed by atoms with Gasteiger partial charge in [0.05, 0.1) is 19.9 Å². The van der Waals surface area contributed by atoms with E-state index in [0.29, 0.717) is 23.3 Å². The highest BCUT2D eigenvalue weighted by molar-refractivity contribution is 6.01. The predicted molar refractivity (Wildman–Crippen MR) is 76.0 cm³/mol. The lowest BCUT2D eigenvalue weighted by molar-refractivity contribution is 0.0936. The largest absolute Gasteiger partial charge is 0.493 e. The quantitative estimate of drug-likeness (QED) is 0.742. The number of hydrogen-bond donors (Lipinski definition) is 0. The molecule has 2 saturated carbocycles. The monoisotopic (exact) mass is 277 g/mol. The number of carbonyl (C=O) groups is 1. The Morgan fingerprint density at radius 2 is 2.15 bits per heavy atom. The van der Waals surface area contributed by atoms with Gasteiger partial charge >= 0.3 is 0 Å². The van der Waals surface area contributed by atoms with E-state index in [1.54, 1.807) is 13.3 Å². The highest BCUT2D eigenvalue weighted by Crippen LogP contribution is 2.58. The summed E-state index contributed by atoms with van der Waals surface area (Å²) in [7, 11) is 5.65. The minimum atomic E-state index is 0.229. The highest BCUT2D eigenvalue weighted by Gasteiger charge is 2.57. The molecule has 0 aromatic carbocycles. The Morgan fingerprint density at radius 3 is 2.75 bits per heavy atom. The van der Waals surface area contributed by atoms with E-state index in [1.165, 1.54) is 19.3 Å². The van der Waals surface area contributed by atoms with Crippen molar-refractivity contribution in [3.05, 3.63) is 11.9 Å². The van der Waals surface area contributed by atoms with Crippen LogP contribution in [0.15, 0.2) is 6.20 Å². The Bertz CT molecular complexity index is 499. The van der Waals surface area contributed by atoms with Crippen molar-refractivity contribution in [2.75, 3.05) is 27.7 Å². The summed E-state index contributed by atoms with van der Waals surface area (Å²) in [6.07, 6.45) is 5.39. The van der Waals surface area contributed by atoms with Crippen LogP contribution < -0.4 is 4.74 Å². The third kappa shape index (κ3) is 2.24. The van der Waals surface area contributed by atoms with Gasteiger partial charge in [0.2, 0.25) is 0 Å². The van der Waals surface area contributed by atoms with Crippen molar-refractivity contribution in [3.63, 3.8) is 0 Å². The number of likely N-dealkylation sites (N-methyl/N-ethyl adjacent to an activating group) is 1. The number of fused-ring (bicyclic) bond motifs is 1. The fourth-order valence-corrected chi connectivity index (χ4v) is 3.60. The molecule has 110 valence electrons. The molecule has 0 saturated heterocycles. The van der Waals surface area contributed by atoms with Crippen molar-refractivity contribution in [1.82, 2.24) is 14.7 Å². The third-order valence-corrected chi connectivity index (χ3v) is 4.73. The molecule has 2 aliphatic rings. The number of rotatable bonds is 6. The van der Waals surface area contributed by atoms with Crippen LogP contribution in [0.2, 0.25) is 0 Å². The van der Waals surface area contributed by atoms with Crippen LogP contribution in [0.4, 0.5) is 0 Å². The number of hydrogen-bond acceptors (Lipinski definition) is 4. The fraction of sp³-hybridized carbons (Fsp3) is 0.733. The van der Waals surface area contributed by atoms with Crippen molar-refractivity contribution in [1.29, 1.82) is 0 Å². The molecule has 1 heterocycles. The maximum atomic E-state index is 12.8. The average Bonchev–Trinajstić information content (AvgIpc) is 2.81. The second-order valence-corrected chi connectivity index (χ2v) is 6.24. The second kappa shape index (κ2) is 5.20. The Labute approximate surface area is 119 Å². The normalized spacial score (nSPS) is 27.7. The van der Waals surface area contributed by atoms with Gasteiger partial charge in [-0.05, 0) is 38.8 Å². The van der Waals surface area contributed by atoms with Gasteiger partial charge in [-0.1, -0.05) is 6.42 Å². The maximum Gasteiger partial charge on any atom is 0.188 e. The Balaban J connectivity index is 1.79. The van der Waals surface area contributed by atoms with Gasteiger partial charge in [-0.15, -0.1) is 0 Å². The van der Waals surface area contributed by atoms with Gasteiger partial charge in [-0.25, -0.2) is 0 Å². The Hall–Kier alpha value is -1.36. The molecule has 20 heavy (non-hydrogen) atoms. The molecule has 2 unspecified atom stereocenters. The van der Waals surface area contributed by atoms with Crippen LogP contribution in [0, 0.1) is 17.8 Å². The molecule has 1 aromatic rings. The van der Waals surface area contributed by atoms with E-state index in [0.717, 1.165) is 13.1 Å². The molecule has 0 bridgehead atoms. The lowest BCUT2D eigenvalue weighted by atomic mass is 10.1. The lowest BCUT2D eigenvalue weighted by Gasteiger charge is -2.12. The van der Waals surface area contributed by atoms with Crippen LogP contribution >= 0.6 is 0 Å². The first-order valence-electron chi connectivity index (χ1n) is 7.42. The third-order valence-electron chi connectivity index (χ3n) is 4.73. The number of ether oxygens (including phenoxy) is 1. The summed E-state index contributed by atoms with van der Waals surface area (Å²) in [4.78, 5) is 14.9. The summed E-state index contributed by atoms with van der Waals surface area (Å²) in [6.45, 7) is 1.59. The Morgan fingerprint density at radius 1 is 1.45 bits per heavy atom. The van der Waals surface area contributed by atoms with Crippen LogP contribution in [0.3, 0.4) is 0 Å². The van der Waals surface area contributed by atoms with Gasteiger partial charge in [-0.2, -0.15) is 5.10 Å². The topological polar surface area (TPSA) is 47.4 Å². The number of carbonyl (C=O) groups excluding carboxylic acids is 1. The lowest BCUT2D eigenvalue weighted by Crippen LogP contribution is -2.22. The van der Waals surface area contributed by atoms with Crippen molar-refractivity contribution in [2.45, 2.75) is 25.8 Å². The van der Waals surface area contributed by atoms with E-state index in [4.69, 9.17) is 4.74 Å². The zero-order valence-electron chi connectivity index (χ0n) is 12.5. The first-order chi connectivity index (χ1) is 9.63. The number of nitrogens with zero attached hydrogens (tertiary/aromatic N) is 3. The van der Waals surface area contributed by atoms with E-state index in [-0.39, 0.29) is 11.7 Å². The summed E-state index contributed by atoms with van der Waals surface area (Å²) in [6, 6.07) is 0. The van der Waals surface area contributed by atoms with E-state index in [2.05, 4.69) is 10.00 Å². The molecular formula is C15H23N3O2. The number of aromatic nitrogens is 2. The molecule has 0 N–H and O–H groups in total. The van der Waals surface area contributed by atoms with Crippen LogP contribution in [0.1, 0.15) is 29.8 Å². The fourth-order valence-electron chi connectivity index (χ4n) is 3.60. The van der Waals surface area contributed by atoms with Gasteiger partial charge in [0.15, 0.2) is 11.5 Å². The standard InChI is InChI=1S/C15H23N3O2/c1-17(2)7-8-18-14(12(20-3)9-16-18)15(19)13-10-5-4-6-11(10)13/h9-11,13H,4-8H2,1-3H3. The van der Waals surface area contributed by atoms with Gasteiger partial charge in [0, 0.05) is 12.5 Å². The summed E-state index contributed by atoms with van der Waals surface area (Å²) < 4.78 is 7.15. The molecule has 0 aliphatic heterocycles. The summed E-state index contributed by atoms with van der Waals surface area (Å²) in [5, 5.41) is 4.33. The van der Waals surface area contributed by atoms with Crippen molar-refractivity contribution in [2.24, 2.45) is 17.8 Å². The van der Waals surface area contributed by atoms with Crippen LogP contribution in [-0.4, -0.2) is 48.2 Å². The van der Waals surface area contributed by atoms with E-state index in [1.807, 2.05) is 18.8 Å². The van der Waals surface area contributed by atoms with Gasteiger partial charge in [0.25, 0.3) is 0 Å². The summed E-state index contributed by atoms with van der Waals surface area (Å²) >= 11 is 0. The molecule has 0 amide bonds. The van der Waals surface area contributed by atoms with Gasteiger partial charge < -0.3 is 9.64 Å². The van der Waals surface area contributed by atoms with Crippen molar-refractivity contribution < 1.29 is 9.53 Å². The summed E-state index contributed by atoms with van der Waals surface area (Å²) in [5.74, 6) is 2.35. The molecular weight excluding hydrogens is 254 g/mol. The van der Waals surface area contributed by atoms with E-state index in [9.17, 15) is 4.79 Å². The molecule has 0 spiro atoms. The zero-order valence-corrected chi connectivity index (χ0v) is 12.5. The first-order valence-corrected chi connectivity index (χ1v) is 7.42. The average molecular weight is 277 g/mol. The molecule has 5 heteroatoms. The number of ketones is 1. The molecule has 2 atom stereocenters. The molecule has 5 nitrogen and oxygen atoms in total. The van der Waals surface area contributed by atoms with Crippen LogP contribution in [0.25, 0.3) is 0 Å². The smallest absolute Gasteiger partial charge is 0.188 e. The SMILES string of the molecule is COc1cnn(CCN(C)C)c1C(=O)C1C2CCCC21. The van der Waals surface area contributed by atoms with Crippen LogP contribution in [0.5, 0.6) is 5.75 Å². The zero-order chi connectivity index (χ0) is 14.3. The van der Waals surface area contributed by atoms with Crippen molar-refractivity contribution in [3.8, 4) is 5.75 Å². The van der Waals surface area contributed by atoms with Gasteiger partial charge in [0.1, 0.15) is 5.69 Å². The van der Waals surface area contributed by atoms with E-state index >= 15 is 0 Å². The predicted octanol–water partition coefficient (Wildman–Crippen LogP) is 1.68. The Kier molecular flexibility index (Phi) is 3.54. The van der Waals surface area contributed by atoms with E-state index < -0.39 is 0 Å². The number of Topliss-reactive ketones (excluding diaryl/α,β-unsaturated/α-hetero) is 1. The summed E-state index contributed by atoms with van der Waals surface area (Å²) in [5.41, 5.74) is 0.675. The molecule has 3 rings (SSSR count). The molecule has 1 aromatic heterocycles. The minimum Gasteiger partial charge on any atom is -0.493 e. The molecule has 2 fully saturated rings. The number of methoxy groups -OCH3 is 1. The van der Waals surface area contributed by atoms with Crippen molar-refractivity contribution >= 4 is 5.78 Å². The molecule has 0 radical (unpaired) electrons. The highest BCUT2D eigenvalue weighted by atomic mass is 16.5. The first kappa shape index (κ1) is 13.6. The maximum absolute atomic E-state index is 12.8. The minimum absolute atomic E-state index is 0.229. The van der Waals surface area contributed by atoms with Crippen LogP contribution in [-0.2, 0) is 6.54 Å². The molecule has 2 aliphatic carbocycles. The second-order valence-electron chi connectivity index (χ2n) is 6.24.